The number of aryl methyl sites for hydroxylation is 1. The van der Waals surface area contributed by atoms with Gasteiger partial charge in [-0.3, -0.25) is 4.84 Å². The van der Waals surface area contributed by atoms with E-state index in [2.05, 4.69) is 25.4 Å². The first-order chi connectivity index (χ1) is 8.61. The summed E-state index contributed by atoms with van der Waals surface area (Å²) < 4.78 is 1.80. The number of aromatic nitrogens is 4. The average molecular weight is 249 g/mol. The van der Waals surface area contributed by atoms with Crippen LogP contribution in [0.25, 0.3) is 11.2 Å². The molecule has 8 heteroatoms. The van der Waals surface area contributed by atoms with Gasteiger partial charge in [-0.05, 0) is 0 Å². The minimum atomic E-state index is 0.347. The maximum Gasteiger partial charge on any atom is 0.254 e. The third kappa shape index (κ3) is 2.38. The van der Waals surface area contributed by atoms with Gasteiger partial charge in [-0.15, -0.1) is 0 Å². The summed E-state index contributed by atoms with van der Waals surface area (Å²) in [4.78, 5) is 23.6. The predicted molar refractivity (Wildman–Crippen MR) is 68.8 cm³/mol. The van der Waals surface area contributed by atoms with E-state index in [-0.39, 0.29) is 0 Å². The molecule has 0 saturated heterocycles. The van der Waals surface area contributed by atoms with Gasteiger partial charge in [-0.2, -0.15) is 9.97 Å². The molecule has 0 spiro atoms. The van der Waals surface area contributed by atoms with Crippen LogP contribution >= 0.6 is 0 Å². The normalized spacial score (nSPS) is 11.3. The monoisotopic (exact) mass is 249 g/mol. The third-order valence-electron chi connectivity index (χ3n) is 2.15. The van der Waals surface area contributed by atoms with Crippen LogP contribution in [0.1, 0.15) is 0 Å². The van der Waals surface area contributed by atoms with Crippen molar-refractivity contribution in [2.24, 2.45) is 12.0 Å². The van der Waals surface area contributed by atoms with Gasteiger partial charge in [-0.25, -0.2) is 15.5 Å². The van der Waals surface area contributed by atoms with Crippen LogP contribution in [-0.4, -0.2) is 52.0 Å². The molecule has 2 heterocycles. The second-order valence-corrected chi connectivity index (χ2v) is 3.91. The fourth-order valence-corrected chi connectivity index (χ4v) is 1.39. The molecule has 0 saturated carbocycles. The van der Waals surface area contributed by atoms with E-state index < -0.39 is 0 Å². The Morgan fingerprint density at radius 1 is 1.44 bits per heavy atom. The van der Waals surface area contributed by atoms with Gasteiger partial charge in [-0.1, -0.05) is 0 Å². The second kappa shape index (κ2) is 4.96. The van der Waals surface area contributed by atoms with E-state index in [1.165, 1.54) is 7.11 Å². The van der Waals surface area contributed by atoms with E-state index in [4.69, 9.17) is 4.84 Å². The van der Waals surface area contributed by atoms with Crippen molar-refractivity contribution in [3.05, 3.63) is 6.33 Å². The summed E-state index contributed by atoms with van der Waals surface area (Å²) in [6.45, 7) is 0. The molecule has 0 fully saturated rings. The molecule has 0 atom stereocenters. The number of hydrogen-bond donors (Lipinski definition) is 1. The van der Waals surface area contributed by atoms with Crippen LogP contribution in [0.5, 0.6) is 0 Å². The highest BCUT2D eigenvalue weighted by molar-refractivity contribution is 5.83. The van der Waals surface area contributed by atoms with Crippen LogP contribution in [-0.2, 0) is 11.9 Å². The van der Waals surface area contributed by atoms with Crippen LogP contribution in [0.2, 0.25) is 0 Å². The first kappa shape index (κ1) is 12.2. The largest absolute Gasteiger partial charge is 0.369 e. The zero-order valence-electron chi connectivity index (χ0n) is 10.7. The summed E-state index contributed by atoms with van der Waals surface area (Å²) in [6, 6.07) is 0. The van der Waals surface area contributed by atoms with Gasteiger partial charge in [0.15, 0.2) is 17.0 Å². The lowest BCUT2D eigenvalue weighted by molar-refractivity contribution is 0.269. The molecule has 96 valence electrons. The van der Waals surface area contributed by atoms with E-state index in [1.807, 2.05) is 21.1 Å². The Hall–Kier alpha value is -2.22. The Morgan fingerprint density at radius 3 is 2.89 bits per heavy atom. The fourth-order valence-electron chi connectivity index (χ4n) is 1.39. The highest BCUT2D eigenvalue weighted by Crippen LogP contribution is 2.20. The first-order valence-electron chi connectivity index (χ1n) is 5.30. The summed E-state index contributed by atoms with van der Waals surface area (Å²) in [6.07, 6.45) is 3.30. The lowest BCUT2D eigenvalue weighted by atomic mass is 10.5. The van der Waals surface area contributed by atoms with Crippen molar-refractivity contribution in [1.29, 1.82) is 0 Å². The van der Waals surface area contributed by atoms with Crippen LogP contribution in [0.3, 0.4) is 0 Å². The summed E-state index contributed by atoms with van der Waals surface area (Å²) in [5.74, 6) is 0.841. The quantitative estimate of drug-likeness (QED) is 0.484. The molecule has 0 aliphatic rings. The minimum Gasteiger partial charge on any atom is -0.369 e. The SMILES string of the molecule is CONc1nc(N=CN(C)C)nc2c1ncn2C. The standard InChI is InChI=1S/C10H15N7O/c1-16(2)5-12-10-13-8(15-18-4)7-9(14-10)17(3)6-11-7/h5-6H,1-4H3,(H,13,14,15). The van der Waals surface area contributed by atoms with E-state index in [0.717, 1.165) is 0 Å². The first-order valence-corrected chi connectivity index (χ1v) is 5.30. The van der Waals surface area contributed by atoms with Gasteiger partial charge in [0.05, 0.1) is 19.8 Å². The molecule has 18 heavy (non-hydrogen) atoms. The van der Waals surface area contributed by atoms with Crippen LogP contribution in [0, 0.1) is 0 Å². The van der Waals surface area contributed by atoms with Crippen molar-refractivity contribution in [3.63, 3.8) is 0 Å². The fraction of sp³-hybridized carbons (Fsp3) is 0.400. The molecule has 0 aliphatic heterocycles. The molecular formula is C10H15N7O. The molecule has 1 N–H and O–H groups in total. The van der Waals surface area contributed by atoms with Gasteiger partial charge in [0.2, 0.25) is 0 Å². The Bertz CT molecular complexity index is 575. The minimum absolute atomic E-state index is 0.347. The van der Waals surface area contributed by atoms with Gasteiger partial charge < -0.3 is 9.47 Å². The molecule has 2 rings (SSSR count). The van der Waals surface area contributed by atoms with Gasteiger partial charge in [0.25, 0.3) is 5.95 Å². The van der Waals surface area contributed by atoms with Crippen LogP contribution in [0.4, 0.5) is 11.8 Å². The highest BCUT2D eigenvalue weighted by Gasteiger charge is 2.11. The maximum absolute atomic E-state index is 4.87. The van der Waals surface area contributed by atoms with Gasteiger partial charge >= 0.3 is 0 Å². The van der Waals surface area contributed by atoms with E-state index in [9.17, 15) is 0 Å². The molecule has 2 aromatic rings. The molecule has 0 aromatic carbocycles. The van der Waals surface area contributed by atoms with Crippen molar-refractivity contribution >= 4 is 29.3 Å². The summed E-state index contributed by atoms with van der Waals surface area (Å²) in [5, 5.41) is 0. The number of rotatable bonds is 4. The van der Waals surface area contributed by atoms with Crippen molar-refractivity contribution in [1.82, 2.24) is 24.4 Å². The van der Waals surface area contributed by atoms with Crippen molar-refractivity contribution < 1.29 is 4.84 Å². The van der Waals surface area contributed by atoms with Crippen molar-refractivity contribution in [3.8, 4) is 0 Å². The zero-order chi connectivity index (χ0) is 13.1. The number of fused-ring (bicyclic) bond motifs is 1. The predicted octanol–water partition coefficient (Wildman–Crippen LogP) is 0.558. The molecule has 0 unspecified atom stereocenters. The Labute approximate surface area is 104 Å². The van der Waals surface area contributed by atoms with E-state index >= 15 is 0 Å². The molecule has 0 radical (unpaired) electrons. The number of aliphatic imine (C=N–C) groups is 1. The van der Waals surface area contributed by atoms with Crippen LogP contribution < -0.4 is 5.48 Å². The zero-order valence-corrected chi connectivity index (χ0v) is 10.7. The molecule has 0 amide bonds. The second-order valence-electron chi connectivity index (χ2n) is 3.91. The number of hydrogen-bond acceptors (Lipinski definition) is 6. The van der Waals surface area contributed by atoms with Crippen molar-refractivity contribution in [2.75, 3.05) is 26.7 Å². The summed E-state index contributed by atoms with van der Waals surface area (Å²) >= 11 is 0. The Morgan fingerprint density at radius 2 is 2.22 bits per heavy atom. The van der Waals surface area contributed by atoms with Gasteiger partial charge in [0.1, 0.15) is 0 Å². The van der Waals surface area contributed by atoms with E-state index in [0.29, 0.717) is 22.9 Å². The third-order valence-corrected chi connectivity index (χ3v) is 2.15. The molecule has 8 nitrogen and oxygen atoms in total. The van der Waals surface area contributed by atoms with Crippen LogP contribution in [0.15, 0.2) is 11.3 Å². The lowest BCUT2D eigenvalue weighted by Crippen LogP contribution is -2.08. The highest BCUT2D eigenvalue weighted by atomic mass is 16.6. The number of anilines is 1. The van der Waals surface area contributed by atoms with Crippen molar-refractivity contribution in [2.45, 2.75) is 0 Å². The van der Waals surface area contributed by atoms with Gasteiger partial charge in [0, 0.05) is 21.1 Å². The lowest BCUT2D eigenvalue weighted by Gasteiger charge is -2.05. The number of nitrogens with zero attached hydrogens (tertiary/aromatic N) is 6. The smallest absolute Gasteiger partial charge is 0.254 e. The topological polar surface area (TPSA) is 80.5 Å². The molecule has 2 aromatic heterocycles. The molecular weight excluding hydrogens is 234 g/mol. The summed E-state index contributed by atoms with van der Waals surface area (Å²) in [5.41, 5.74) is 4.01. The Balaban J connectivity index is 2.51. The molecule has 0 aliphatic carbocycles. The van der Waals surface area contributed by atoms with E-state index in [1.54, 1.807) is 22.1 Å². The maximum atomic E-state index is 4.87. The summed E-state index contributed by atoms with van der Waals surface area (Å²) in [7, 11) is 7.12. The number of imidazole rings is 1. The average Bonchev–Trinajstić information content (AvgIpc) is 2.69. The Kier molecular flexibility index (Phi) is 3.38. The number of nitrogens with one attached hydrogen (secondary N) is 1. The molecule has 0 bridgehead atoms.